The van der Waals surface area contributed by atoms with E-state index in [9.17, 15) is 32.7 Å². The molecule has 0 saturated heterocycles. The number of primary amides is 1. The molecule has 36 heavy (non-hydrogen) atoms. The van der Waals surface area contributed by atoms with E-state index in [0.29, 0.717) is 16.7 Å². The molecule has 188 valence electrons. The summed E-state index contributed by atoms with van der Waals surface area (Å²) in [6.45, 7) is 0. The highest BCUT2D eigenvalue weighted by Gasteiger charge is 2.32. The molecule has 0 heterocycles. The summed E-state index contributed by atoms with van der Waals surface area (Å²) in [6, 6.07) is 18.0. The second-order valence-corrected chi connectivity index (χ2v) is 8.04. The van der Waals surface area contributed by atoms with Gasteiger partial charge in [-0.2, -0.15) is 13.2 Å². The molecule has 3 rings (SSSR count). The lowest BCUT2D eigenvalue weighted by molar-refractivity contribution is -0.137. The largest absolute Gasteiger partial charge is 0.416 e. The maximum Gasteiger partial charge on any atom is 0.416 e. The van der Waals surface area contributed by atoms with Crippen molar-refractivity contribution in [1.82, 2.24) is 10.6 Å². The minimum absolute atomic E-state index is 0.196. The number of halogens is 3. The molecule has 3 aromatic carbocycles. The number of nitrogens with one attached hydrogen (secondary N) is 2. The number of amides is 3. The SMILES string of the molecule is NC(=O)[C@@H](Cc1ccc(C(F)(F)F)cc1)NC(=O)[C@H](O)[C@@H](NC(=O)c1ccccc1)c1ccccc1. The van der Waals surface area contributed by atoms with Gasteiger partial charge in [-0.05, 0) is 35.4 Å². The quantitative estimate of drug-likeness (QED) is 0.362. The zero-order chi connectivity index (χ0) is 26.3. The highest BCUT2D eigenvalue weighted by atomic mass is 19.4. The van der Waals surface area contributed by atoms with Gasteiger partial charge >= 0.3 is 6.18 Å². The van der Waals surface area contributed by atoms with Crippen LogP contribution in [-0.4, -0.2) is 35.0 Å². The fraction of sp³-hybridized carbons (Fsp3) is 0.192. The smallest absolute Gasteiger partial charge is 0.381 e. The third-order valence-electron chi connectivity index (χ3n) is 5.45. The van der Waals surface area contributed by atoms with E-state index in [-0.39, 0.29) is 6.42 Å². The highest BCUT2D eigenvalue weighted by Crippen LogP contribution is 2.29. The van der Waals surface area contributed by atoms with E-state index < -0.39 is 47.6 Å². The van der Waals surface area contributed by atoms with Gasteiger partial charge in [0.05, 0.1) is 11.6 Å². The van der Waals surface area contributed by atoms with Crippen LogP contribution in [0.5, 0.6) is 0 Å². The van der Waals surface area contributed by atoms with Gasteiger partial charge in [0, 0.05) is 12.0 Å². The molecule has 0 spiro atoms. The number of rotatable bonds is 9. The number of alkyl halides is 3. The summed E-state index contributed by atoms with van der Waals surface area (Å²) < 4.78 is 38.4. The van der Waals surface area contributed by atoms with Crippen LogP contribution in [0, 0.1) is 0 Å². The van der Waals surface area contributed by atoms with E-state index in [4.69, 9.17) is 5.73 Å². The van der Waals surface area contributed by atoms with Gasteiger partial charge in [-0.3, -0.25) is 14.4 Å². The third-order valence-corrected chi connectivity index (χ3v) is 5.45. The number of hydrogen-bond donors (Lipinski definition) is 4. The fourth-order valence-electron chi connectivity index (χ4n) is 3.52. The first kappa shape index (κ1) is 26.4. The van der Waals surface area contributed by atoms with Crippen LogP contribution in [-0.2, 0) is 22.2 Å². The molecule has 5 N–H and O–H groups in total. The molecule has 0 aromatic heterocycles. The van der Waals surface area contributed by atoms with Gasteiger partial charge in [-0.25, -0.2) is 0 Å². The first-order valence-corrected chi connectivity index (χ1v) is 10.9. The molecule has 0 fully saturated rings. The molecule has 3 aromatic rings. The van der Waals surface area contributed by atoms with Crippen LogP contribution in [0.3, 0.4) is 0 Å². The molecule has 0 unspecified atom stereocenters. The molecule has 0 aliphatic carbocycles. The Labute approximate surface area is 205 Å². The molecular formula is C26H24F3N3O4. The number of hydrogen-bond acceptors (Lipinski definition) is 4. The van der Waals surface area contributed by atoms with Crippen LogP contribution in [0.4, 0.5) is 13.2 Å². The molecule has 0 aliphatic rings. The maximum absolute atomic E-state index is 12.9. The van der Waals surface area contributed by atoms with Gasteiger partial charge in [0.2, 0.25) is 5.91 Å². The van der Waals surface area contributed by atoms with Gasteiger partial charge in [0.15, 0.2) is 6.10 Å². The monoisotopic (exact) mass is 499 g/mol. The Balaban J connectivity index is 1.76. The standard InChI is InChI=1S/C26H24F3N3O4/c27-26(28,29)19-13-11-16(12-14-19)15-20(23(30)34)31-25(36)22(33)21(17-7-3-1-4-8-17)32-24(35)18-9-5-2-6-10-18/h1-14,20-22,33H,15H2,(H2,30,34)(H,31,36)(H,32,35)/t20-,21+,22-/m1/s1. The molecule has 7 nitrogen and oxygen atoms in total. The summed E-state index contributed by atoms with van der Waals surface area (Å²) in [5, 5.41) is 15.8. The van der Waals surface area contributed by atoms with Crippen LogP contribution >= 0.6 is 0 Å². The average molecular weight is 499 g/mol. The summed E-state index contributed by atoms with van der Waals surface area (Å²) in [4.78, 5) is 37.6. The van der Waals surface area contributed by atoms with Crippen molar-refractivity contribution < 1.29 is 32.7 Å². The number of nitrogens with two attached hydrogens (primary N) is 1. The first-order valence-electron chi connectivity index (χ1n) is 10.9. The zero-order valence-corrected chi connectivity index (χ0v) is 18.9. The summed E-state index contributed by atoms with van der Waals surface area (Å²) in [5.74, 6) is -2.47. The van der Waals surface area contributed by atoms with Gasteiger partial charge in [-0.15, -0.1) is 0 Å². The van der Waals surface area contributed by atoms with E-state index in [1.165, 1.54) is 12.1 Å². The zero-order valence-electron chi connectivity index (χ0n) is 18.9. The topological polar surface area (TPSA) is 122 Å². The van der Waals surface area contributed by atoms with E-state index in [2.05, 4.69) is 10.6 Å². The highest BCUT2D eigenvalue weighted by molar-refractivity contribution is 5.95. The molecule has 0 saturated carbocycles. The van der Waals surface area contributed by atoms with Gasteiger partial charge in [-0.1, -0.05) is 60.7 Å². The molecule has 10 heteroatoms. The van der Waals surface area contributed by atoms with E-state index >= 15 is 0 Å². The van der Waals surface area contributed by atoms with Crippen LogP contribution in [0.25, 0.3) is 0 Å². The first-order chi connectivity index (χ1) is 17.1. The molecule has 3 amide bonds. The van der Waals surface area contributed by atoms with Crippen molar-refractivity contribution in [2.45, 2.75) is 30.8 Å². The third kappa shape index (κ3) is 6.92. The van der Waals surface area contributed by atoms with Crippen LogP contribution < -0.4 is 16.4 Å². The molecule has 0 bridgehead atoms. The summed E-state index contributed by atoms with van der Waals surface area (Å²) >= 11 is 0. The Hall–Kier alpha value is -4.18. The lowest BCUT2D eigenvalue weighted by Crippen LogP contribution is -2.52. The predicted molar refractivity (Wildman–Crippen MR) is 125 cm³/mol. The van der Waals surface area contributed by atoms with Crippen molar-refractivity contribution in [3.63, 3.8) is 0 Å². The van der Waals surface area contributed by atoms with Crippen molar-refractivity contribution in [3.8, 4) is 0 Å². The Bertz CT molecular complexity index is 1190. The lowest BCUT2D eigenvalue weighted by atomic mass is 9.99. The second-order valence-electron chi connectivity index (χ2n) is 8.04. The van der Waals surface area contributed by atoms with Crippen LogP contribution in [0.15, 0.2) is 84.9 Å². The van der Waals surface area contributed by atoms with Crippen LogP contribution in [0.2, 0.25) is 0 Å². The van der Waals surface area contributed by atoms with Gasteiger partial charge in [0.25, 0.3) is 11.8 Å². The maximum atomic E-state index is 12.9. The van der Waals surface area contributed by atoms with Crippen LogP contribution in [0.1, 0.15) is 33.1 Å². The molecule has 3 atom stereocenters. The van der Waals surface area contributed by atoms with Crippen molar-refractivity contribution >= 4 is 17.7 Å². The number of carbonyl (C=O) groups is 3. The van der Waals surface area contributed by atoms with E-state index in [0.717, 1.165) is 12.1 Å². The minimum Gasteiger partial charge on any atom is -0.381 e. The Morgan fingerprint density at radius 2 is 1.39 bits per heavy atom. The van der Waals surface area contributed by atoms with Gasteiger partial charge in [0.1, 0.15) is 6.04 Å². The lowest BCUT2D eigenvalue weighted by Gasteiger charge is -2.26. The van der Waals surface area contributed by atoms with Crippen molar-refractivity contribution in [2.75, 3.05) is 0 Å². The summed E-state index contributed by atoms with van der Waals surface area (Å²) in [7, 11) is 0. The number of aliphatic hydroxyl groups excluding tert-OH is 1. The molecule has 0 radical (unpaired) electrons. The van der Waals surface area contributed by atoms with E-state index in [1.807, 2.05) is 0 Å². The Morgan fingerprint density at radius 3 is 1.92 bits per heavy atom. The summed E-state index contributed by atoms with van der Waals surface area (Å²) in [6.07, 6.45) is -6.52. The van der Waals surface area contributed by atoms with Crippen molar-refractivity contribution in [3.05, 3.63) is 107 Å². The van der Waals surface area contributed by atoms with Crippen molar-refractivity contribution in [1.29, 1.82) is 0 Å². The van der Waals surface area contributed by atoms with E-state index in [1.54, 1.807) is 60.7 Å². The Morgan fingerprint density at radius 1 is 0.833 bits per heavy atom. The molecule has 0 aliphatic heterocycles. The average Bonchev–Trinajstić information content (AvgIpc) is 2.87. The number of carbonyl (C=O) groups excluding carboxylic acids is 3. The predicted octanol–water partition coefficient (Wildman–Crippen LogP) is 2.75. The number of aliphatic hydroxyl groups is 1. The minimum atomic E-state index is -4.52. The normalized spacial score (nSPS) is 13.8. The Kier molecular flexibility index (Phi) is 8.44. The summed E-state index contributed by atoms with van der Waals surface area (Å²) in [5.41, 5.74) is 5.59. The van der Waals surface area contributed by atoms with Crippen molar-refractivity contribution in [2.24, 2.45) is 5.73 Å². The fourth-order valence-corrected chi connectivity index (χ4v) is 3.52. The number of benzene rings is 3. The second kappa shape index (κ2) is 11.5. The molecular weight excluding hydrogens is 475 g/mol. The van der Waals surface area contributed by atoms with Gasteiger partial charge < -0.3 is 21.5 Å².